The molecule has 3 nitrogen and oxygen atoms in total. The van der Waals surface area contributed by atoms with Gasteiger partial charge in [0.05, 0.1) is 6.04 Å². The minimum atomic E-state index is 0.570. The van der Waals surface area contributed by atoms with Crippen molar-refractivity contribution in [1.29, 1.82) is 0 Å². The van der Waals surface area contributed by atoms with E-state index in [4.69, 9.17) is 4.99 Å². The van der Waals surface area contributed by atoms with Crippen molar-refractivity contribution in [2.45, 2.75) is 57.2 Å². The van der Waals surface area contributed by atoms with Gasteiger partial charge < -0.3 is 5.32 Å². The average Bonchev–Trinajstić information content (AvgIpc) is 2.97. The molecule has 17 heavy (non-hydrogen) atoms. The van der Waals surface area contributed by atoms with Crippen LogP contribution in [0, 0.1) is 0 Å². The Morgan fingerprint density at radius 3 is 3.12 bits per heavy atom. The first kappa shape index (κ1) is 11.8. The fraction of sp³-hybridized carbons (Fsp3) is 0.923. The summed E-state index contributed by atoms with van der Waals surface area (Å²) in [6, 6.07) is 1.97. The van der Waals surface area contributed by atoms with Gasteiger partial charge in [0.15, 0.2) is 5.17 Å². The number of amidine groups is 1. The van der Waals surface area contributed by atoms with Gasteiger partial charge in [-0.15, -0.1) is 0 Å². The fourth-order valence-corrected chi connectivity index (χ4v) is 4.39. The predicted octanol–water partition coefficient (Wildman–Crippen LogP) is 2.08. The molecule has 3 fully saturated rings. The highest BCUT2D eigenvalue weighted by atomic mass is 32.2. The fourth-order valence-electron chi connectivity index (χ4n) is 3.25. The molecular weight excluding hydrogens is 230 g/mol. The van der Waals surface area contributed by atoms with Gasteiger partial charge in [0.1, 0.15) is 0 Å². The number of hydrogen-bond acceptors (Lipinski definition) is 3. The summed E-state index contributed by atoms with van der Waals surface area (Å²) < 4.78 is 0. The van der Waals surface area contributed by atoms with Crippen LogP contribution in [0.3, 0.4) is 0 Å². The molecule has 0 amide bonds. The quantitative estimate of drug-likeness (QED) is 0.816. The number of fused-ring (bicyclic) bond motifs is 1. The summed E-state index contributed by atoms with van der Waals surface area (Å²) in [5, 5.41) is 4.77. The third-order valence-corrected chi connectivity index (χ3v) is 5.41. The molecule has 3 atom stereocenters. The molecule has 0 aromatic heterocycles. The molecule has 3 aliphatic rings. The number of piperidine rings is 1. The van der Waals surface area contributed by atoms with E-state index in [9.17, 15) is 0 Å². The highest BCUT2D eigenvalue weighted by molar-refractivity contribution is 8.14. The summed E-state index contributed by atoms with van der Waals surface area (Å²) in [4.78, 5) is 7.65. The molecule has 0 spiro atoms. The molecule has 4 heteroatoms. The number of aliphatic imine (C=N–C) groups is 1. The molecule has 0 bridgehead atoms. The topological polar surface area (TPSA) is 27.6 Å². The highest BCUT2D eigenvalue weighted by Crippen LogP contribution is 2.30. The second-order valence-electron chi connectivity index (χ2n) is 5.45. The predicted molar refractivity (Wildman–Crippen MR) is 74.7 cm³/mol. The smallest absolute Gasteiger partial charge is 0.157 e. The van der Waals surface area contributed by atoms with Crippen molar-refractivity contribution in [3.63, 3.8) is 0 Å². The standard InChI is InChI=1S/C13H23N3S/c1-2-10-9-17-13(14-10)15-11-6-8-16-7-4-3-5-12(11)16/h10-12H,2-9H2,1H3,(H,14,15). The maximum absolute atomic E-state index is 4.98. The molecule has 0 radical (unpaired) electrons. The minimum absolute atomic E-state index is 0.570. The van der Waals surface area contributed by atoms with Crippen LogP contribution < -0.4 is 5.32 Å². The molecule has 0 saturated carbocycles. The first-order chi connectivity index (χ1) is 8.36. The van der Waals surface area contributed by atoms with Crippen LogP contribution in [-0.4, -0.2) is 47.0 Å². The molecule has 3 saturated heterocycles. The molecule has 0 aromatic carbocycles. The SMILES string of the molecule is CCC1CSC(=NC2CCN3CCCCC23)N1. The van der Waals surface area contributed by atoms with E-state index in [-0.39, 0.29) is 0 Å². The Balaban J connectivity index is 1.63. The van der Waals surface area contributed by atoms with E-state index >= 15 is 0 Å². The van der Waals surface area contributed by atoms with Gasteiger partial charge in [0, 0.05) is 24.4 Å². The Morgan fingerprint density at radius 1 is 1.35 bits per heavy atom. The van der Waals surface area contributed by atoms with Gasteiger partial charge in [-0.05, 0) is 32.2 Å². The van der Waals surface area contributed by atoms with Crippen molar-refractivity contribution in [3.8, 4) is 0 Å². The van der Waals surface area contributed by atoms with Crippen molar-refractivity contribution < 1.29 is 0 Å². The summed E-state index contributed by atoms with van der Waals surface area (Å²) in [6.07, 6.45) is 6.65. The summed E-state index contributed by atoms with van der Waals surface area (Å²) in [5.74, 6) is 1.20. The zero-order valence-corrected chi connectivity index (χ0v) is 11.5. The Labute approximate surface area is 108 Å². The summed E-state index contributed by atoms with van der Waals surface area (Å²) in [7, 11) is 0. The van der Waals surface area contributed by atoms with Gasteiger partial charge >= 0.3 is 0 Å². The Morgan fingerprint density at radius 2 is 2.29 bits per heavy atom. The Kier molecular flexibility index (Phi) is 3.61. The molecule has 0 aliphatic carbocycles. The van der Waals surface area contributed by atoms with Crippen LogP contribution in [0.15, 0.2) is 4.99 Å². The van der Waals surface area contributed by atoms with Crippen molar-refractivity contribution in [2.75, 3.05) is 18.8 Å². The third kappa shape index (κ3) is 2.48. The summed E-state index contributed by atoms with van der Waals surface area (Å²) in [5.41, 5.74) is 0. The van der Waals surface area contributed by atoms with Crippen LogP contribution in [-0.2, 0) is 0 Å². The second kappa shape index (κ2) is 5.19. The van der Waals surface area contributed by atoms with Crippen molar-refractivity contribution >= 4 is 16.9 Å². The summed E-state index contributed by atoms with van der Waals surface area (Å²) in [6.45, 7) is 4.83. The lowest BCUT2D eigenvalue weighted by atomic mass is 10.00. The lowest BCUT2D eigenvalue weighted by Gasteiger charge is -2.31. The van der Waals surface area contributed by atoms with Crippen LogP contribution in [0.5, 0.6) is 0 Å². The van der Waals surface area contributed by atoms with Crippen LogP contribution in [0.2, 0.25) is 0 Å². The lowest BCUT2D eigenvalue weighted by molar-refractivity contribution is 0.190. The molecule has 3 heterocycles. The van der Waals surface area contributed by atoms with Gasteiger partial charge in [0.25, 0.3) is 0 Å². The third-order valence-electron chi connectivity index (χ3n) is 4.35. The second-order valence-corrected chi connectivity index (χ2v) is 6.46. The average molecular weight is 253 g/mol. The normalized spacial score (nSPS) is 40.5. The van der Waals surface area contributed by atoms with E-state index < -0.39 is 0 Å². The van der Waals surface area contributed by atoms with E-state index in [0.717, 1.165) is 6.04 Å². The molecule has 3 aliphatic heterocycles. The molecule has 0 aromatic rings. The van der Waals surface area contributed by atoms with Crippen LogP contribution >= 0.6 is 11.8 Å². The monoisotopic (exact) mass is 253 g/mol. The number of thioether (sulfide) groups is 1. The van der Waals surface area contributed by atoms with Crippen LogP contribution in [0.1, 0.15) is 39.0 Å². The molecule has 3 rings (SSSR count). The number of rotatable bonds is 2. The van der Waals surface area contributed by atoms with Crippen LogP contribution in [0.4, 0.5) is 0 Å². The maximum Gasteiger partial charge on any atom is 0.157 e. The van der Waals surface area contributed by atoms with Gasteiger partial charge in [0.2, 0.25) is 0 Å². The number of nitrogens with zero attached hydrogens (tertiary/aromatic N) is 2. The largest absolute Gasteiger partial charge is 0.361 e. The molecule has 96 valence electrons. The maximum atomic E-state index is 4.98. The highest BCUT2D eigenvalue weighted by Gasteiger charge is 2.36. The lowest BCUT2D eigenvalue weighted by Crippen LogP contribution is -2.39. The van der Waals surface area contributed by atoms with E-state index in [1.54, 1.807) is 0 Å². The van der Waals surface area contributed by atoms with E-state index in [0.29, 0.717) is 12.1 Å². The van der Waals surface area contributed by atoms with Gasteiger partial charge in [-0.1, -0.05) is 25.1 Å². The molecule has 1 N–H and O–H groups in total. The van der Waals surface area contributed by atoms with E-state index in [1.165, 1.54) is 56.1 Å². The first-order valence-electron chi connectivity index (χ1n) is 7.08. The van der Waals surface area contributed by atoms with Gasteiger partial charge in [-0.2, -0.15) is 0 Å². The molecular formula is C13H23N3S. The van der Waals surface area contributed by atoms with E-state index in [1.807, 2.05) is 11.8 Å². The van der Waals surface area contributed by atoms with Gasteiger partial charge in [-0.25, -0.2) is 0 Å². The number of nitrogens with one attached hydrogen (secondary N) is 1. The Bertz CT molecular complexity index is 305. The number of hydrogen-bond donors (Lipinski definition) is 1. The molecule has 3 unspecified atom stereocenters. The van der Waals surface area contributed by atoms with Crippen LogP contribution in [0.25, 0.3) is 0 Å². The zero-order chi connectivity index (χ0) is 11.7. The van der Waals surface area contributed by atoms with E-state index in [2.05, 4.69) is 17.1 Å². The van der Waals surface area contributed by atoms with Crippen molar-refractivity contribution in [1.82, 2.24) is 10.2 Å². The zero-order valence-electron chi connectivity index (χ0n) is 10.7. The first-order valence-corrected chi connectivity index (χ1v) is 8.06. The van der Waals surface area contributed by atoms with Crippen molar-refractivity contribution in [2.24, 2.45) is 4.99 Å². The van der Waals surface area contributed by atoms with Gasteiger partial charge in [-0.3, -0.25) is 9.89 Å². The summed E-state index contributed by atoms with van der Waals surface area (Å²) >= 11 is 1.92. The Hall–Kier alpha value is -0.220. The van der Waals surface area contributed by atoms with Crippen molar-refractivity contribution in [3.05, 3.63) is 0 Å². The minimum Gasteiger partial charge on any atom is -0.361 e.